The van der Waals surface area contributed by atoms with Gasteiger partial charge < -0.3 is 14.5 Å². The lowest BCUT2D eigenvalue weighted by atomic mass is 9.50. The molecule has 0 saturated heterocycles. The molecule has 15 atom stereocenters. The first-order valence-electron chi connectivity index (χ1n) is 34.3. The Balaban J connectivity index is 0.747. The number of allylic oxidation sites excluding steroid dienone is 19. The van der Waals surface area contributed by atoms with Crippen LogP contribution in [0.25, 0.3) is 0 Å². The van der Waals surface area contributed by atoms with Crippen molar-refractivity contribution >= 4 is 0 Å². The lowest BCUT2D eigenvalue weighted by molar-refractivity contribution is -0.0337. The maximum absolute atomic E-state index is 6.88. The second-order valence-electron chi connectivity index (χ2n) is 28.8. The number of hydrogen-bond donors (Lipinski definition) is 0. The lowest BCUT2D eigenvalue weighted by Gasteiger charge is -2.55. The minimum Gasteiger partial charge on any atom is -0.367 e. The van der Waals surface area contributed by atoms with Gasteiger partial charge in [-0.2, -0.15) is 0 Å². The molecule has 3 heteroatoms. The van der Waals surface area contributed by atoms with Crippen molar-refractivity contribution in [3.8, 4) is 0 Å². The van der Waals surface area contributed by atoms with Gasteiger partial charge in [-0.1, -0.05) is 173 Å². The second-order valence-corrected chi connectivity index (χ2v) is 28.8. The van der Waals surface area contributed by atoms with Crippen LogP contribution in [0.1, 0.15) is 199 Å². The smallest absolute Gasteiger partial charge is 0.0801 e. The van der Waals surface area contributed by atoms with Gasteiger partial charge in [0.1, 0.15) is 0 Å². The molecule has 4 fully saturated rings. The first kappa shape index (κ1) is 53.9. The van der Waals surface area contributed by atoms with E-state index in [1.807, 2.05) is 6.08 Å². The van der Waals surface area contributed by atoms with E-state index in [0.717, 1.165) is 60.2 Å². The zero-order valence-electron chi connectivity index (χ0n) is 49.4. The third-order valence-electron chi connectivity index (χ3n) is 25.3. The van der Waals surface area contributed by atoms with Crippen LogP contribution in [0.4, 0.5) is 0 Å². The van der Waals surface area contributed by atoms with Gasteiger partial charge >= 0.3 is 0 Å². The average molecular weight is 1070 g/mol. The molecular weight excluding hydrogens is 969 g/mol. The highest BCUT2D eigenvalue weighted by atomic mass is 16.5. The third-order valence-corrected chi connectivity index (χ3v) is 25.3. The van der Waals surface area contributed by atoms with Crippen LogP contribution in [0.2, 0.25) is 0 Å². The Kier molecular flexibility index (Phi) is 16.1. The Morgan fingerprint density at radius 1 is 0.575 bits per heavy atom. The molecule has 14 aliphatic rings. The molecule has 0 radical (unpaired) electrons. The van der Waals surface area contributed by atoms with Gasteiger partial charge in [-0.3, -0.25) is 0 Å². The zero-order valence-corrected chi connectivity index (χ0v) is 49.4. The minimum absolute atomic E-state index is 0.167. The summed E-state index contributed by atoms with van der Waals surface area (Å²) >= 11 is 0. The molecule has 13 aliphatic carbocycles. The van der Waals surface area contributed by atoms with Crippen molar-refractivity contribution in [2.24, 2.45) is 76.4 Å². The molecule has 0 bridgehead atoms. The van der Waals surface area contributed by atoms with Crippen molar-refractivity contribution in [2.75, 3.05) is 0 Å². The number of nitrogens with zero attached hydrogens (tertiary/aromatic N) is 2. The summed E-state index contributed by atoms with van der Waals surface area (Å²) in [4.78, 5) is 6.10. The summed E-state index contributed by atoms with van der Waals surface area (Å²) in [5.74, 6) is 9.32. The van der Waals surface area contributed by atoms with Crippen LogP contribution in [0.3, 0.4) is 0 Å². The van der Waals surface area contributed by atoms with Crippen LogP contribution >= 0.6 is 0 Å². The Morgan fingerprint density at radius 3 is 2.17 bits per heavy atom. The molecule has 14 rings (SSSR count). The van der Waals surface area contributed by atoms with Crippen LogP contribution in [0.15, 0.2) is 168 Å². The number of hydrogen-bond acceptors (Lipinski definition) is 3. The van der Waals surface area contributed by atoms with E-state index in [1.54, 1.807) is 22.5 Å². The van der Waals surface area contributed by atoms with Crippen LogP contribution < -0.4 is 0 Å². The third kappa shape index (κ3) is 10.2. The molecular formula is C77H102N2O. The van der Waals surface area contributed by atoms with Gasteiger partial charge in [-0.25, -0.2) is 0 Å². The summed E-state index contributed by atoms with van der Waals surface area (Å²) in [6.45, 7) is 8.15. The van der Waals surface area contributed by atoms with Gasteiger partial charge in [0.15, 0.2) is 0 Å². The molecule has 1 heterocycles. The minimum atomic E-state index is 0.167. The van der Waals surface area contributed by atoms with Crippen molar-refractivity contribution < 1.29 is 4.74 Å². The fraction of sp³-hybridized carbons (Fsp3) is 0.636. The molecule has 4 saturated carbocycles. The van der Waals surface area contributed by atoms with Crippen LogP contribution in [0, 0.1) is 76.4 Å². The summed E-state index contributed by atoms with van der Waals surface area (Å²) in [5.41, 5.74) is 11.5. The Labute approximate surface area is 485 Å². The topological polar surface area (TPSA) is 15.7 Å². The van der Waals surface area contributed by atoms with Crippen LogP contribution in [-0.2, 0) is 4.74 Å². The molecule has 0 amide bonds. The van der Waals surface area contributed by atoms with Gasteiger partial charge in [0, 0.05) is 29.2 Å². The molecule has 0 N–H and O–H groups in total. The van der Waals surface area contributed by atoms with Gasteiger partial charge in [0.05, 0.1) is 18.2 Å². The van der Waals surface area contributed by atoms with Crippen molar-refractivity contribution in [3.05, 3.63) is 168 Å². The highest BCUT2D eigenvalue weighted by molar-refractivity contribution is 5.51. The highest BCUT2D eigenvalue weighted by Gasteiger charge is 2.65. The first-order chi connectivity index (χ1) is 39.5. The second kappa shape index (κ2) is 23.9. The summed E-state index contributed by atoms with van der Waals surface area (Å²) in [6.07, 6.45) is 89.8. The SMILES string of the molecule is C=CC1=CCC(OC2C=CC(C3(C4C=CC=CC4)C4CC(N(C5=CCC(C6CCC7=C(C6)C6=CC(C8CC=C(C=C)CC8)CCC6N7C6=CCCC=C6)CC5)C5CCC(C6CCCCC6)CC5)C=CC4C4CCCCC43)CC2)C=C1. The van der Waals surface area contributed by atoms with E-state index in [1.165, 1.54) is 203 Å². The maximum atomic E-state index is 6.88. The molecule has 1 aliphatic heterocycles. The standard InChI is InChI=1S/C77H102N2O/c1-3-53-24-28-57(29-25-53)59-34-48-75-71(50-59)72-51-60(35-49-76(72)79(75)63-20-12-7-13-21-63)58-32-40-65(41-33-58)78(64-38-30-56(31-39-64)55-16-8-5-9-17-55)66-42-47-70-69-22-14-15-23-73(69)77(74(70)52-66,61-18-10-6-11-19-61)62-36-45-68(46-37-62)80-67-43-26-54(4-2)27-44-67/h3-4,6,10-12,18,20-21,24,26-27,36,40,42-43,45,47,50,55-62,64,66-70,73-75H,1-2,5,7-9,13-17,19,22-23,25,28-35,37-39,41,44,46,48-49,51-52H2. The van der Waals surface area contributed by atoms with Crippen molar-refractivity contribution in [3.63, 3.8) is 0 Å². The fourth-order valence-electron chi connectivity index (χ4n) is 21.5. The molecule has 3 nitrogen and oxygen atoms in total. The van der Waals surface area contributed by atoms with E-state index in [2.05, 4.69) is 132 Å². The van der Waals surface area contributed by atoms with E-state index < -0.39 is 0 Å². The van der Waals surface area contributed by atoms with Gasteiger partial charge in [-0.15, -0.1) is 0 Å². The fourth-order valence-corrected chi connectivity index (χ4v) is 21.5. The number of rotatable bonds is 13. The predicted molar refractivity (Wildman–Crippen MR) is 334 cm³/mol. The highest BCUT2D eigenvalue weighted by Crippen LogP contribution is 2.70. The predicted octanol–water partition coefficient (Wildman–Crippen LogP) is 19.6. The van der Waals surface area contributed by atoms with E-state index in [-0.39, 0.29) is 17.6 Å². The molecule has 426 valence electrons. The Morgan fingerprint density at radius 2 is 1.43 bits per heavy atom. The monoisotopic (exact) mass is 1070 g/mol. The van der Waals surface area contributed by atoms with E-state index >= 15 is 0 Å². The van der Waals surface area contributed by atoms with E-state index in [4.69, 9.17) is 4.74 Å². The first-order valence-corrected chi connectivity index (χ1v) is 34.3. The molecule has 15 unspecified atom stereocenters. The quantitative estimate of drug-likeness (QED) is 0.171. The Hall–Kier alpha value is -4.08. The van der Waals surface area contributed by atoms with Gasteiger partial charge in [0.2, 0.25) is 0 Å². The summed E-state index contributed by atoms with van der Waals surface area (Å²) in [5, 5.41) is 0. The number of fused-ring (bicyclic) bond motifs is 5. The molecule has 0 aromatic rings. The molecule has 0 aromatic carbocycles. The molecule has 0 spiro atoms. The largest absolute Gasteiger partial charge is 0.367 e. The maximum Gasteiger partial charge on any atom is 0.0801 e. The summed E-state index contributed by atoms with van der Waals surface area (Å²) < 4.78 is 6.88. The zero-order chi connectivity index (χ0) is 53.6. The van der Waals surface area contributed by atoms with E-state index in [9.17, 15) is 0 Å². The molecule has 80 heavy (non-hydrogen) atoms. The van der Waals surface area contributed by atoms with Crippen LogP contribution in [0.5, 0.6) is 0 Å². The van der Waals surface area contributed by atoms with Gasteiger partial charge in [-0.05, 0) is 253 Å². The summed E-state index contributed by atoms with van der Waals surface area (Å²) in [6, 6.07) is 1.74. The number of ether oxygens (including phenoxy) is 1. The molecule has 0 aromatic heterocycles. The van der Waals surface area contributed by atoms with E-state index in [0.29, 0.717) is 41.8 Å². The van der Waals surface area contributed by atoms with Crippen molar-refractivity contribution in [1.29, 1.82) is 0 Å². The van der Waals surface area contributed by atoms with Crippen molar-refractivity contribution in [2.45, 2.75) is 229 Å². The van der Waals surface area contributed by atoms with Crippen LogP contribution in [-0.4, -0.2) is 40.1 Å². The summed E-state index contributed by atoms with van der Waals surface area (Å²) in [7, 11) is 0. The van der Waals surface area contributed by atoms with Gasteiger partial charge in [0.25, 0.3) is 0 Å². The lowest BCUT2D eigenvalue weighted by Crippen LogP contribution is -2.51. The Bertz CT molecular complexity index is 2670. The normalized spacial score (nSPS) is 41.6. The average Bonchev–Trinajstić information content (AvgIpc) is 4.18. The van der Waals surface area contributed by atoms with Crippen molar-refractivity contribution in [1.82, 2.24) is 9.80 Å².